The summed E-state index contributed by atoms with van der Waals surface area (Å²) in [6, 6.07) is 10.8. The van der Waals surface area contributed by atoms with Crippen molar-refractivity contribution in [1.82, 2.24) is 24.8 Å². The maximum absolute atomic E-state index is 13.2. The minimum Gasteiger partial charge on any atom is -0.383 e. The van der Waals surface area contributed by atoms with Gasteiger partial charge in [-0.05, 0) is 61.3 Å². The van der Waals surface area contributed by atoms with Gasteiger partial charge in [0.05, 0.1) is 11.1 Å². The summed E-state index contributed by atoms with van der Waals surface area (Å²) in [4.78, 5) is 12.7. The molecule has 1 aliphatic rings. The number of hydrogen-bond donors (Lipinski definition) is 2. The normalized spacial score (nSPS) is 16.1. The number of benzene rings is 1. The van der Waals surface area contributed by atoms with Crippen LogP contribution in [0.25, 0.3) is 28.2 Å². The SMILES string of the molecule is CNC1CCc2cc(-n3c(-c4cccnc4N)nc4cc(C(F)(F)F)cnc43)ccc21. The average molecular weight is 424 g/mol. The van der Waals surface area contributed by atoms with Gasteiger partial charge < -0.3 is 11.1 Å². The zero-order valence-corrected chi connectivity index (χ0v) is 16.6. The maximum atomic E-state index is 13.2. The second-order valence-electron chi connectivity index (χ2n) is 7.53. The van der Waals surface area contributed by atoms with Crippen LogP contribution in [0.4, 0.5) is 19.0 Å². The lowest BCUT2D eigenvalue weighted by Crippen LogP contribution is -2.12. The Balaban J connectivity index is 1.76. The quantitative estimate of drug-likeness (QED) is 0.513. The Labute approximate surface area is 176 Å². The molecule has 5 rings (SSSR count). The van der Waals surface area contributed by atoms with E-state index in [2.05, 4.69) is 20.3 Å². The first-order valence-corrected chi connectivity index (χ1v) is 9.84. The van der Waals surface area contributed by atoms with Crippen LogP contribution in [0.2, 0.25) is 0 Å². The van der Waals surface area contributed by atoms with Crippen LogP contribution in [0.3, 0.4) is 0 Å². The van der Waals surface area contributed by atoms with Crippen molar-refractivity contribution in [3.63, 3.8) is 0 Å². The standard InChI is InChI=1S/C22H19F3N6/c1-27-17-7-4-12-9-14(5-6-15(12)17)31-20(16-3-2-8-28-19(16)26)30-18-10-13(22(23,24)25)11-29-21(18)31/h2-3,5-6,8-11,17,27H,4,7H2,1H3,(H2,26,28). The fraction of sp³-hybridized carbons (Fsp3) is 0.227. The third-order valence-electron chi connectivity index (χ3n) is 5.71. The van der Waals surface area contributed by atoms with E-state index >= 15 is 0 Å². The van der Waals surface area contributed by atoms with Crippen LogP contribution < -0.4 is 11.1 Å². The minimum absolute atomic E-state index is 0.140. The molecule has 0 amide bonds. The molecule has 1 unspecified atom stereocenters. The predicted octanol–water partition coefficient (Wildman–Crippen LogP) is 4.29. The molecule has 3 heterocycles. The summed E-state index contributed by atoms with van der Waals surface area (Å²) in [5.41, 5.74) is 9.41. The van der Waals surface area contributed by atoms with E-state index in [0.29, 0.717) is 23.1 Å². The highest BCUT2D eigenvalue weighted by molar-refractivity contribution is 5.83. The molecule has 4 aromatic rings. The van der Waals surface area contributed by atoms with Crippen molar-refractivity contribution < 1.29 is 13.2 Å². The number of halogens is 3. The minimum atomic E-state index is -4.51. The molecular formula is C22H19F3N6. The van der Waals surface area contributed by atoms with Gasteiger partial charge >= 0.3 is 6.18 Å². The fourth-order valence-electron chi connectivity index (χ4n) is 4.19. The van der Waals surface area contributed by atoms with Gasteiger partial charge in [-0.25, -0.2) is 15.0 Å². The van der Waals surface area contributed by atoms with Gasteiger partial charge in [0.15, 0.2) is 11.5 Å². The van der Waals surface area contributed by atoms with E-state index in [-0.39, 0.29) is 11.3 Å². The number of aromatic nitrogens is 4. The Kier molecular flexibility index (Phi) is 4.44. The van der Waals surface area contributed by atoms with E-state index in [1.807, 2.05) is 25.2 Å². The largest absolute Gasteiger partial charge is 0.417 e. The maximum Gasteiger partial charge on any atom is 0.417 e. The monoisotopic (exact) mass is 424 g/mol. The van der Waals surface area contributed by atoms with Crippen LogP contribution in [0.1, 0.15) is 29.2 Å². The highest BCUT2D eigenvalue weighted by Gasteiger charge is 2.32. The molecule has 1 atom stereocenters. The first kappa shape index (κ1) is 19.5. The number of aryl methyl sites for hydroxylation is 1. The summed E-state index contributed by atoms with van der Waals surface area (Å²) in [6.45, 7) is 0. The summed E-state index contributed by atoms with van der Waals surface area (Å²) in [6.07, 6.45) is -0.207. The number of imidazole rings is 1. The molecule has 9 heteroatoms. The summed E-state index contributed by atoms with van der Waals surface area (Å²) in [5, 5.41) is 3.31. The van der Waals surface area contributed by atoms with Gasteiger partial charge in [0.25, 0.3) is 0 Å². The first-order valence-electron chi connectivity index (χ1n) is 9.84. The number of anilines is 1. The topological polar surface area (TPSA) is 81.7 Å². The lowest BCUT2D eigenvalue weighted by molar-refractivity contribution is -0.137. The van der Waals surface area contributed by atoms with E-state index in [1.54, 1.807) is 22.9 Å². The predicted molar refractivity (Wildman–Crippen MR) is 112 cm³/mol. The van der Waals surface area contributed by atoms with Crippen molar-refractivity contribution in [3.8, 4) is 17.1 Å². The Morgan fingerprint density at radius 3 is 2.74 bits per heavy atom. The zero-order valence-electron chi connectivity index (χ0n) is 16.6. The summed E-state index contributed by atoms with van der Waals surface area (Å²) in [5.74, 6) is 0.641. The molecule has 0 radical (unpaired) electrons. The lowest BCUT2D eigenvalue weighted by Gasteiger charge is -2.14. The number of hydrogen-bond acceptors (Lipinski definition) is 5. The summed E-state index contributed by atoms with van der Waals surface area (Å²) in [7, 11) is 1.93. The van der Waals surface area contributed by atoms with Gasteiger partial charge in [0, 0.05) is 24.1 Å². The number of nitrogen functional groups attached to an aromatic ring is 1. The molecule has 0 bridgehead atoms. The van der Waals surface area contributed by atoms with Crippen molar-refractivity contribution in [3.05, 3.63) is 65.5 Å². The number of nitrogens with two attached hydrogens (primary N) is 1. The van der Waals surface area contributed by atoms with Crippen LogP contribution in [0.5, 0.6) is 0 Å². The van der Waals surface area contributed by atoms with Gasteiger partial charge in [-0.2, -0.15) is 13.2 Å². The summed E-state index contributed by atoms with van der Waals surface area (Å²) >= 11 is 0. The number of rotatable bonds is 3. The van der Waals surface area contributed by atoms with Gasteiger partial charge in [0.1, 0.15) is 11.3 Å². The second-order valence-corrected chi connectivity index (χ2v) is 7.53. The number of nitrogens with one attached hydrogen (secondary N) is 1. The smallest absolute Gasteiger partial charge is 0.383 e. The Bertz CT molecular complexity index is 1290. The van der Waals surface area contributed by atoms with Crippen LogP contribution in [-0.4, -0.2) is 26.6 Å². The molecule has 1 aromatic carbocycles. The molecule has 3 aromatic heterocycles. The van der Waals surface area contributed by atoms with E-state index in [1.165, 1.54) is 11.1 Å². The van der Waals surface area contributed by atoms with E-state index in [4.69, 9.17) is 5.73 Å². The van der Waals surface area contributed by atoms with Crippen molar-refractivity contribution in [2.45, 2.75) is 25.1 Å². The Morgan fingerprint density at radius 1 is 1.16 bits per heavy atom. The number of alkyl halides is 3. The van der Waals surface area contributed by atoms with Crippen LogP contribution in [0.15, 0.2) is 48.8 Å². The second kappa shape index (κ2) is 7.05. The van der Waals surface area contributed by atoms with Crippen molar-refractivity contribution in [1.29, 1.82) is 0 Å². The third-order valence-corrected chi connectivity index (χ3v) is 5.71. The van der Waals surface area contributed by atoms with E-state index in [0.717, 1.165) is 30.8 Å². The zero-order chi connectivity index (χ0) is 21.8. The van der Waals surface area contributed by atoms with Gasteiger partial charge in [0.2, 0.25) is 0 Å². The molecule has 158 valence electrons. The van der Waals surface area contributed by atoms with Crippen molar-refractivity contribution in [2.24, 2.45) is 0 Å². The van der Waals surface area contributed by atoms with Crippen LogP contribution in [0, 0.1) is 0 Å². The average Bonchev–Trinajstić information content (AvgIpc) is 3.33. The van der Waals surface area contributed by atoms with E-state index in [9.17, 15) is 13.2 Å². The molecule has 0 saturated heterocycles. The third kappa shape index (κ3) is 3.21. The summed E-state index contributed by atoms with van der Waals surface area (Å²) < 4.78 is 41.5. The molecule has 0 saturated carbocycles. The molecule has 31 heavy (non-hydrogen) atoms. The first-order chi connectivity index (χ1) is 14.9. The highest BCUT2D eigenvalue weighted by atomic mass is 19.4. The van der Waals surface area contributed by atoms with Gasteiger partial charge in [-0.15, -0.1) is 0 Å². The molecule has 1 aliphatic carbocycles. The Morgan fingerprint density at radius 2 is 2.00 bits per heavy atom. The van der Waals surface area contributed by atoms with Crippen molar-refractivity contribution >= 4 is 17.0 Å². The lowest BCUT2D eigenvalue weighted by atomic mass is 10.1. The molecular weight excluding hydrogens is 405 g/mol. The van der Waals surface area contributed by atoms with Crippen molar-refractivity contribution in [2.75, 3.05) is 12.8 Å². The Hall–Kier alpha value is -3.46. The highest BCUT2D eigenvalue weighted by Crippen LogP contribution is 2.36. The van der Waals surface area contributed by atoms with Crippen LogP contribution in [-0.2, 0) is 12.6 Å². The number of nitrogens with zero attached hydrogens (tertiary/aromatic N) is 4. The molecule has 3 N–H and O–H groups in total. The molecule has 0 spiro atoms. The van der Waals surface area contributed by atoms with Gasteiger partial charge in [-0.3, -0.25) is 4.57 Å². The fourth-order valence-corrected chi connectivity index (χ4v) is 4.19. The number of fused-ring (bicyclic) bond motifs is 2. The molecule has 6 nitrogen and oxygen atoms in total. The molecule has 0 fully saturated rings. The number of pyridine rings is 2. The van der Waals surface area contributed by atoms with Crippen LogP contribution >= 0.6 is 0 Å². The van der Waals surface area contributed by atoms with E-state index < -0.39 is 11.7 Å². The van der Waals surface area contributed by atoms with Gasteiger partial charge in [-0.1, -0.05) is 6.07 Å². The molecule has 0 aliphatic heterocycles.